The Bertz CT molecular complexity index is 336. The zero-order valence-corrected chi connectivity index (χ0v) is 10.7. The molecule has 0 atom stereocenters. The topological polar surface area (TPSA) is 71.7 Å². The highest BCUT2D eigenvalue weighted by Gasteiger charge is 2.07. The molecule has 0 saturated carbocycles. The number of quaternary nitrogens is 1. The predicted molar refractivity (Wildman–Crippen MR) is 65.7 cm³/mol. The van der Waals surface area contributed by atoms with Crippen LogP contribution < -0.4 is 10.6 Å². The summed E-state index contributed by atoms with van der Waals surface area (Å²) in [6, 6.07) is 1.71. The third kappa shape index (κ3) is 6.06. The number of carbonyl (C=O) groups is 1. The van der Waals surface area contributed by atoms with Gasteiger partial charge in [-0.3, -0.25) is 4.79 Å². The van der Waals surface area contributed by atoms with Crippen LogP contribution in [0.1, 0.15) is 38.4 Å². The van der Waals surface area contributed by atoms with Crippen molar-refractivity contribution < 1.29 is 14.6 Å². The Morgan fingerprint density at radius 2 is 2.29 bits per heavy atom. The fourth-order valence-electron chi connectivity index (χ4n) is 1.57. The van der Waals surface area contributed by atoms with Crippen LogP contribution >= 0.6 is 0 Å². The summed E-state index contributed by atoms with van der Waals surface area (Å²) in [7, 11) is 0. The van der Waals surface area contributed by atoms with Crippen molar-refractivity contribution in [1.29, 1.82) is 0 Å². The average molecular weight is 240 g/mol. The lowest BCUT2D eigenvalue weighted by atomic mass is 10.2. The molecule has 1 heterocycles. The molecule has 0 bridgehead atoms. The molecule has 0 unspecified atom stereocenters. The first-order chi connectivity index (χ1) is 8.22. The lowest BCUT2D eigenvalue weighted by molar-refractivity contribution is -0.643. The molecule has 1 aromatic rings. The van der Waals surface area contributed by atoms with Gasteiger partial charge in [-0.1, -0.05) is 24.9 Å². The Kier molecular flexibility index (Phi) is 6.32. The Balaban J connectivity index is 2.05. The Hall–Kier alpha value is -1.36. The minimum Gasteiger partial charge on any atom is -0.360 e. The summed E-state index contributed by atoms with van der Waals surface area (Å²) in [5, 5.41) is 8.42. The highest BCUT2D eigenvalue weighted by Crippen LogP contribution is 2.05. The van der Waals surface area contributed by atoms with E-state index < -0.39 is 0 Å². The monoisotopic (exact) mass is 240 g/mol. The van der Waals surface area contributed by atoms with Crippen LogP contribution in [-0.2, 0) is 4.79 Å². The van der Waals surface area contributed by atoms with E-state index in [2.05, 4.69) is 17.4 Å². The number of nitrogens with one attached hydrogen (secondary N) is 1. The normalized spacial score (nSPS) is 10.5. The third-order valence-corrected chi connectivity index (χ3v) is 2.49. The molecule has 1 rings (SSSR count). The van der Waals surface area contributed by atoms with E-state index in [9.17, 15) is 4.79 Å². The molecule has 0 fully saturated rings. The van der Waals surface area contributed by atoms with E-state index in [0.717, 1.165) is 6.54 Å². The summed E-state index contributed by atoms with van der Waals surface area (Å²) in [6.45, 7) is 5.43. The van der Waals surface area contributed by atoms with Crippen molar-refractivity contribution >= 4 is 11.7 Å². The minimum atomic E-state index is -0.0335. The van der Waals surface area contributed by atoms with Gasteiger partial charge >= 0.3 is 0 Å². The van der Waals surface area contributed by atoms with Gasteiger partial charge in [0.2, 0.25) is 0 Å². The SMILES string of the molecule is CCCCCC[NH2+]CC(=O)Nc1cc(C)on1. The van der Waals surface area contributed by atoms with Crippen molar-refractivity contribution in [3.8, 4) is 0 Å². The van der Waals surface area contributed by atoms with Crippen molar-refractivity contribution in [3.63, 3.8) is 0 Å². The molecule has 0 aliphatic rings. The van der Waals surface area contributed by atoms with E-state index in [1.54, 1.807) is 13.0 Å². The zero-order valence-electron chi connectivity index (χ0n) is 10.7. The third-order valence-electron chi connectivity index (χ3n) is 2.49. The standard InChI is InChI=1S/C12H21N3O2/c1-3-4-5-6-7-13-9-12(16)14-11-8-10(2)17-15-11/h8,13H,3-7,9H2,1-2H3,(H,14,15,16)/p+1. The highest BCUT2D eigenvalue weighted by molar-refractivity contribution is 5.90. The van der Waals surface area contributed by atoms with Gasteiger partial charge in [0.25, 0.3) is 5.91 Å². The minimum absolute atomic E-state index is 0.0335. The number of anilines is 1. The molecule has 0 saturated heterocycles. The first-order valence-corrected chi connectivity index (χ1v) is 6.27. The summed E-state index contributed by atoms with van der Waals surface area (Å²) in [5.41, 5.74) is 0. The second kappa shape index (κ2) is 7.84. The van der Waals surface area contributed by atoms with Gasteiger partial charge in [0.05, 0.1) is 6.54 Å². The molecule has 0 aromatic carbocycles. The Morgan fingerprint density at radius 3 is 2.94 bits per heavy atom. The van der Waals surface area contributed by atoms with Crippen LogP contribution in [0.5, 0.6) is 0 Å². The maximum Gasteiger partial charge on any atom is 0.280 e. The summed E-state index contributed by atoms with van der Waals surface area (Å²) in [5.74, 6) is 1.16. The predicted octanol–water partition coefficient (Wildman–Crippen LogP) is 1.07. The molecule has 1 aromatic heterocycles. The van der Waals surface area contributed by atoms with Gasteiger partial charge in [-0.15, -0.1) is 0 Å². The number of aromatic nitrogens is 1. The highest BCUT2D eigenvalue weighted by atomic mass is 16.5. The number of nitrogens with two attached hydrogens (primary N) is 1. The van der Waals surface area contributed by atoms with Crippen molar-refractivity contribution in [2.45, 2.75) is 39.5 Å². The van der Waals surface area contributed by atoms with Crippen LogP contribution in [0.25, 0.3) is 0 Å². The van der Waals surface area contributed by atoms with Gasteiger partial charge in [0, 0.05) is 6.07 Å². The number of carbonyl (C=O) groups excluding carboxylic acids is 1. The summed E-state index contributed by atoms with van der Waals surface area (Å²) in [6.07, 6.45) is 4.94. The zero-order chi connectivity index (χ0) is 12.5. The van der Waals surface area contributed by atoms with Gasteiger partial charge in [-0.05, 0) is 19.8 Å². The van der Waals surface area contributed by atoms with Crippen LogP contribution in [0.2, 0.25) is 0 Å². The van der Waals surface area contributed by atoms with E-state index in [-0.39, 0.29) is 5.91 Å². The van der Waals surface area contributed by atoms with Crippen LogP contribution in [0.3, 0.4) is 0 Å². The molecule has 1 amide bonds. The van der Waals surface area contributed by atoms with Gasteiger partial charge in [0.1, 0.15) is 5.76 Å². The van der Waals surface area contributed by atoms with Gasteiger partial charge < -0.3 is 15.2 Å². The molecular formula is C12H22N3O2+. The number of unbranched alkanes of at least 4 members (excludes halogenated alkanes) is 3. The molecule has 5 heteroatoms. The second-order valence-electron chi connectivity index (χ2n) is 4.21. The number of nitrogens with zero attached hydrogens (tertiary/aromatic N) is 1. The maximum atomic E-state index is 11.5. The van der Waals surface area contributed by atoms with E-state index >= 15 is 0 Å². The van der Waals surface area contributed by atoms with Crippen molar-refractivity contribution in [2.24, 2.45) is 0 Å². The molecule has 0 aliphatic heterocycles. The first-order valence-electron chi connectivity index (χ1n) is 6.27. The second-order valence-corrected chi connectivity index (χ2v) is 4.21. The largest absolute Gasteiger partial charge is 0.360 e. The molecule has 0 spiro atoms. The van der Waals surface area contributed by atoms with E-state index in [1.165, 1.54) is 25.7 Å². The molecular weight excluding hydrogens is 218 g/mol. The summed E-state index contributed by atoms with van der Waals surface area (Å²) < 4.78 is 4.86. The quantitative estimate of drug-likeness (QED) is 0.667. The Labute approximate surface area is 102 Å². The number of hydrogen-bond donors (Lipinski definition) is 2. The molecule has 5 nitrogen and oxygen atoms in total. The smallest absolute Gasteiger partial charge is 0.280 e. The lowest BCUT2D eigenvalue weighted by Gasteiger charge is -2.01. The number of rotatable bonds is 8. The summed E-state index contributed by atoms with van der Waals surface area (Å²) in [4.78, 5) is 11.5. The van der Waals surface area contributed by atoms with E-state index in [4.69, 9.17) is 4.52 Å². The van der Waals surface area contributed by atoms with Crippen LogP contribution in [0, 0.1) is 6.92 Å². The molecule has 3 N–H and O–H groups in total. The van der Waals surface area contributed by atoms with Crippen molar-refractivity contribution in [3.05, 3.63) is 11.8 Å². The van der Waals surface area contributed by atoms with Gasteiger partial charge in [-0.2, -0.15) is 0 Å². The first kappa shape index (κ1) is 13.7. The molecule has 0 radical (unpaired) electrons. The van der Waals surface area contributed by atoms with Crippen molar-refractivity contribution in [2.75, 3.05) is 18.4 Å². The maximum absolute atomic E-state index is 11.5. The van der Waals surface area contributed by atoms with Crippen molar-refractivity contribution in [1.82, 2.24) is 5.16 Å². The summed E-state index contributed by atoms with van der Waals surface area (Å²) >= 11 is 0. The molecule has 96 valence electrons. The lowest BCUT2D eigenvalue weighted by Crippen LogP contribution is -2.86. The number of amides is 1. The van der Waals surface area contributed by atoms with E-state index in [1.807, 2.05) is 5.32 Å². The van der Waals surface area contributed by atoms with Crippen LogP contribution in [0.4, 0.5) is 5.82 Å². The molecule has 17 heavy (non-hydrogen) atoms. The number of hydrogen-bond acceptors (Lipinski definition) is 3. The fourth-order valence-corrected chi connectivity index (χ4v) is 1.57. The van der Waals surface area contributed by atoms with Gasteiger partial charge in [-0.25, -0.2) is 0 Å². The van der Waals surface area contributed by atoms with Crippen LogP contribution in [0.15, 0.2) is 10.6 Å². The van der Waals surface area contributed by atoms with Crippen LogP contribution in [-0.4, -0.2) is 24.2 Å². The van der Waals surface area contributed by atoms with Gasteiger partial charge in [0.15, 0.2) is 12.4 Å². The number of aryl methyl sites for hydroxylation is 1. The Morgan fingerprint density at radius 1 is 1.47 bits per heavy atom. The average Bonchev–Trinajstić information content (AvgIpc) is 2.69. The fraction of sp³-hybridized carbons (Fsp3) is 0.667. The van der Waals surface area contributed by atoms with E-state index in [0.29, 0.717) is 18.1 Å². The molecule has 0 aliphatic carbocycles.